The van der Waals surface area contributed by atoms with Crippen LogP contribution in [0.2, 0.25) is 0 Å². The van der Waals surface area contributed by atoms with E-state index < -0.39 is 10.0 Å². The highest BCUT2D eigenvalue weighted by atomic mass is 32.2. The summed E-state index contributed by atoms with van der Waals surface area (Å²) in [5.41, 5.74) is 0.621. The lowest BCUT2D eigenvalue weighted by molar-refractivity contribution is 0.0793. The summed E-state index contributed by atoms with van der Waals surface area (Å²) in [5.74, 6) is 0.833. The van der Waals surface area contributed by atoms with Crippen LogP contribution in [0.4, 0.5) is 11.5 Å². The number of pyridine rings is 1. The highest BCUT2D eigenvalue weighted by molar-refractivity contribution is 7.92. The zero-order valence-electron chi connectivity index (χ0n) is 18.8. The Morgan fingerprint density at radius 1 is 1.28 bits per heavy atom. The molecule has 2 heterocycles. The molecule has 1 aromatic carbocycles. The van der Waals surface area contributed by atoms with Crippen LogP contribution < -0.4 is 19.7 Å². The lowest BCUT2D eigenvalue weighted by Gasteiger charge is -2.30. The van der Waals surface area contributed by atoms with E-state index in [1.165, 1.54) is 25.4 Å². The Bertz CT molecular complexity index is 1040. The molecule has 0 spiro atoms. The van der Waals surface area contributed by atoms with Crippen LogP contribution in [0.15, 0.2) is 41.4 Å². The number of rotatable bonds is 9. The third-order valence-corrected chi connectivity index (χ3v) is 6.69. The molecule has 32 heavy (non-hydrogen) atoms. The van der Waals surface area contributed by atoms with Crippen LogP contribution in [0.3, 0.4) is 0 Å². The lowest BCUT2D eigenvalue weighted by Crippen LogP contribution is -2.45. The molecule has 0 saturated carbocycles. The SMILES string of the molecule is CCCCN(C)C(=O)c1cc(NS(=O)(=O)c2cccc(OC)c2)cnc1N1CCNCC1. The highest BCUT2D eigenvalue weighted by Gasteiger charge is 2.24. The topological polar surface area (TPSA) is 104 Å². The molecule has 0 aliphatic carbocycles. The van der Waals surface area contributed by atoms with E-state index in [1.54, 1.807) is 30.1 Å². The molecule has 1 aromatic heterocycles. The number of nitrogens with zero attached hydrogens (tertiary/aromatic N) is 3. The maximum absolute atomic E-state index is 13.2. The normalized spacial score (nSPS) is 14.2. The van der Waals surface area contributed by atoms with Crippen LogP contribution >= 0.6 is 0 Å². The first-order chi connectivity index (χ1) is 15.4. The Balaban J connectivity index is 1.93. The van der Waals surface area contributed by atoms with Gasteiger partial charge in [-0.25, -0.2) is 13.4 Å². The fraction of sp³-hybridized carbons (Fsp3) is 0.455. The van der Waals surface area contributed by atoms with Gasteiger partial charge in [-0.05, 0) is 24.6 Å². The number of piperazine rings is 1. The van der Waals surface area contributed by atoms with E-state index in [2.05, 4.69) is 26.8 Å². The van der Waals surface area contributed by atoms with E-state index >= 15 is 0 Å². The third-order valence-electron chi connectivity index (χ3n) is 5.31. The molecule has 2 aromatic rings. The minimum absolute atomic E-state index is 0.0657. The number of sulfonamides is 1. The van der Waals surface area contributed by atoms with Gasteiger partial charge in [0, 0.05) is 45.8 Å². The maximum atomic E-state index is 13.2. The van der Waals surface area contributed by atoms with Crippen LogP contribution in [0.5, 0.6) is 5.75 Å². The first-order valence-electron chi connectivity index (χ1n) is 10.7. The molecule has 1 aliphatic rings. The molecule has 3 rings (SSSR count). The van der Waals surface area contributed by atoms with E-state index in [1.807, 2.05) is 0 Å². The molecule has 2 N–H and O–H groups in total. The van der Waals surface area contributed by atoms with Crippen molar-refractivity contribution < 1.29 is 17.9 Å². The fourth-order valence-corrected chi connectivity index (χ4v) is 4.55. The Labute approximate surface area is 189 Å². The van der Waals surface area contributed by atoms with Crippen LogP contribution in [0.25, 0.3) is 0 Å². The predicted molar refractivity (Wildman–Crippen MR) is 125 cm³/mol. The summed E-state index contributed by atoms with van der Waals surface area (Å²) >= 11 is 0. The molecule has 0 atom stereocenters. The van der Waals surface area contributed by atoms with Gasteiger partial charge < -0.3 is 19.9 Å². The molecule has 174 valence electrons. The van der Waals surface area contributed by atoms with Gasteiger partial charge >= 0.3 is 0 Å². The van der Waals surface area contributed by atoms with Gasteiger partial charge in [-0.15, -0.1) is 0 Å². The summed E-state index contributed by atoms with van der Waals surface area (Å²) in [6.45, 7) is 5.73. The van der Waals surface area contributed by atoms with Gasteiger partial charge in [0.25, 0.3) is 15.9 Å². The average molecular weight is 462 g/mol. The highest BCUT2D eigenvalue weighted by Crippen LogP contribution is 2.26. The van der Waals surface area contributed by atoms with Crippen LogP contribution in [-0.2, 0) is 10.0 Å². The van der Waals surface area contributed by atoms with Crippen molar-refractivity contribution in [3.05, 3.63) is 42.1 Å². The lowest BCUT2D eigenvalue weighted by atomic mass is 10.1. The second-order valence-electron chi connectivity index (χ2n) is 7.70. The number of ether oxygens (including phenoxy) is 1. The second kappa shape index (κ2) is 10.6. The molecule has 0 radical (unpaired) electrons. The number of benzene rings is 1. The first-order valence-corrected chi connectivity index (χ1v) is 12.2. The van der Waals surface area contributed by atoms with Crippen molar-refractivity contribution in [2.24, 2.45) is 0 Å². The number of carbonyl (C=O) groups is 1. The van der Waals surface area contributed by atoms with E-state index in [9.17, 15) is 13.2 Å². The number of nitrogens with one attached hydrogen (secondary N) is 2. The van der Waals surface area contributed by atoms with Gasteiger partial charge in [0.2, 0.25) is 0 Å². The summed E-state index contributed by atoms with van der Waals surface area (Å²) in [6.07, 6.45) is 3.32. The zero-order valence-corrected chi connectivity index (χ0v) is 19.6. The summed E-state index contributed by atoms with van der Waals surface area (Å²) in [6, 6.07) is 7.78. The molecule has 1 fully saturated rings. The smallest absolute Gasteiger partial charge is 0.262 e. The number of carbonyl (C=O) groups excluding carboxylic acids is 1. The van der Waals surface area contributed by atoms with Gasteiger partial charge in [0.15, 0.2) is 0 Å². The number of anilines is 2. The summed E-state index contributed by atoms with van der Waals surface area (Å²) in [7, 11) is -0.645. The zero-order chi connectivity index (χ0) is 23.1. The van der Waals surface area contributed by atoms with Gasteiger partial charge in [-0.3, -0.25) is 9.52 Å². The molecule has 10 heteroatoms. The standard InChI is InChI=1S/C22H31N5O4S/c1-4-5-11-26(2)22(28)20-14-17(16-24-21(20)27-12-9-23-10-13-27)25-32(29,30)19-8-6-7-18(15-19)31-3/h6-8,14-16,23,25H,4-5,9-13H2,1-3H3. The van der Waals surface area contributed by atoms with E-state index in [-0.39, 0.29) is 16.5 Å². The third kappa shape index (κ3) is 5.68. The van der Waals surface area contributed by atoms with Gasteiger partial charge in [-0.1, -0.05) is 19.4 Å². The van der Waals surface area contributed by atoms with Crippen LogP contribution in [0.1, 0.15) is 30.1 Å². The Morgan fingerprint density at radius 2 is 2.03 bits per heavy atom. The molecule has 0 bridgehead atoms. The van der Waals surface area contributed by atoms with Gasteiger partial charge in [0.1, 0.15) is 11.6 Å². The number of amides is 1. The van der Waals surface area contributed by atoms with Crippen LogP contribution in [-0.4, -0.2) is 71.1 Å². The quantitative estimate of drug-likeness (QED) is 0.590. The Morgan fingerprint density at radius 3 is 2.72 bits per heavy atom. The van der Waals surface area contributed by atoms with Crippen molar-refractivity contribution >= 4 is 27.4 Å². The minimum Gasteiger partial charge on any atom is -0.497 e. The molecule has 9 nitrogen and oxygen atoms in total. The van der Waals surface area contributed by atoms with E-state index in [0.29, 0.717) is 23.7 Å². The molecule has 1 saturated heterocycles. The van der Waals surface area contributed by atoms with E-state index in [4.69, 9.17) is 4.74 Å². The largest absolute Gasteiger partial charge is 0.497 e. The molecular formula is C22H31N5O4S. The Kier molecular flexibility index (Phi) is 7.92. The van der Waals surface area contributed by atoms with Crippen molar-refractivity contribution in [3.63, 3.8) is 0 Å². The predicted octanol–water partition coefficient (Wildman–Crippen LogP) is 2.17. The number of hydrogen-bond acceptors (Lipinski definition) is 7. The number of hydrogen-bond donors (Lipinski definition) is 2. The van der Waals surface area contributed by atoms with Crippen LogP contribution in [0, 0.1) is 0 Å². The molecule has 1 amide bonds. The summed E-state index contributed by atoms with van der Waals surface area (Å²) in [4.78, 5) is 21.5. The number of methoxy groups -OCH3 is 1. The van der Waals surface area contributed by atoms with Gasteiger partial charge in [-0.2, -0.15) is 0 Å². The van der Waals surface area contributed by atoms with Gasteiger partial charge in [0.05, 0.1) is 29.5 Å². The molecule has 1 aliphatic heterocycles. The van der Waals surface area contributed by atoms with Crippen molar-refractivity contribution in [3.8, 4) is 5.75 Å². The Hall–Kier alpha value is -2.85. The summed E-state index contributed by atoms with van der Waals surface area (Å²) in [5, 5.41) is 3.29. The van der Waals surface area contributed by atoms with Crippen molar-refractivity contribution in [1.82, 2.24) is 15.2 Å². The minimum atomic E-state index is -3.88. The van der Waals surface area contributed by atoms with Crippen molar-refractivity contribution in [2.75, 3.05) is 56.5 Å². The second-order valence-corrected chi connectivity index (χ2v) is 9.38. The van der Waals surface area contributed by atoms with Crippen molar-refractivity contribution in [1.29, 1.82) is 0 Å². The molecular weight excluding hydrogens is 430 g/mol. The van der Waals surface area contributed by atoms with E-state index in [0.717, 1.165) is 39.0 Å². The molecule has 0 unspecified atom stereocenters. The fourth-order valence-electron chi connectivity index (χ4n) is 3.48. The average Bonchev–Trinajstić information content (AvgIpc) is 2.82. The summed E-state index contributed by atoms with van der Waals surface area (Å²) < 4.78 is 33.5. The number of unbranched alkanes of at least 4 members (excludes halogenated alkanes) is 1. The van der Waals surface area contributed by atoms with Crippen molar-refractivity contribution in [2.45, 2.75) is 24.7 Å². The monoisotopic (exact) mass is 461 g/mol. The number of aromatic nitrogens is 1. The first kappa shape index (κ1) is 23.8. The maximum Gasteiger partial charge on any atom is 0.262 e.